The molecule has 2 rings (SSSR count). The fraction of sp³-hybridized carbons (Fsp3) is 0.143. The highest BCUT2D eigenvalue weighted by Gasteiger charge is 2.07. The number of aliphatic hydroxyl groups is 1. The zero-order chi connectivity index (χ0) is 13.0. The van der Waals surface area contributed by atoms with Gasteiger partial charge in [0.2, 0.25) is 0 Å². The Bertz CT molecular complexity index is 524. The molecule has 0 saturated carbocycles. The lowest BCUT2D eigenvalue weighted by Gasteiger charge is -2.12. The van der Waals surface area contributed by atoms with E-state index in [1.165, 1.54) is 0 Å². The predicted molar refractivity (Wildman–Crippen MR) is 78.5 cm³/mol. The van der Waals surface area contributed by atoms with Crippen molar-refractivity contribution in [3.63, 3.8) is 0 Å². The van der Waals surface area contributed by atoms with Crippen molar-refractivity contribution >= 4 is 31.9 Å². The van der Waals surface area contributed by atoms with Crippen LogP contribution in [0.2, 0.25) is 0 Å². The van der Waals surface area contributed by atoms with Gasteiger partial charge in [-0.2, -0.15) is 0 Å². The highest BCUT2D eigenvalue weighted by molar-refractivity contribution is 9.10. The van der Waals surface area contributed by atoms with Crippen LogP contribution in [0.15, 0.2) is 51.4 Å². The van der Waals surface area contributed by atoms with E-state index in [1.807, 2.05) is 42.5 Å². The molecule has 2 nitrogen and oxygen atoms in total. The molecule has 0 spiro atoms. The third-order valence-corrected chi connectivity index (χ3v) is 3.67. The minimum Gasteiger partial charge on any atom is -0.487 e. The average molecular weight is 372 g/mol. The lowest BCUT2D eigenvalue weighted by molar-refractivity contribution is 0.258. The summed E-state index contributed by atoms with van der Waals surface area (Å²) in [5.41, 5.74) is 1.86. The molecule has 18 heavy (non-hydrogen) atoms. The van der Waals surface area contributed by atoms with E-state index in [2.05, 4.69) is 31.9 Å². The summed E-state index contributed by atoms with van der Waals surface area (Å²) in [4.78, 5) is 0. The maximum atomic E-state index is 9.27. The van der Waals surface area contributed by atoms with E-state index in [4.69, 9.17) is 4.74 Å². The zero-order valence-corrected chi connectivity index (χ0v) is 12.7. The number of para-hydroxylation sites is 1. The van der Waals surface area contributed by atoms with Crippen LogP contribution in [0.25, 0.3) is 0 Å². The number of benzene rings is 2. The molecule has 4 heteroatoms. The van der Waals surface area contributed by atoms with Crippen LogP contribution in [0.1, 0.15) is 11.1 Å². The molecule has 2 aromatic carbocycles. The molecule has 0 aliphatic carbocycles. The Balaban J connectivity index is 2.12. The average Bonchev–Trinajstić information content (AvgIpc) is 2.39. The molecule has 94 valence electrons. The second-order valence-corrected chi connectivity index (χ2v) is 5.57. The van der Waals surface area contributed by atoms with Gasteiger partial charge in [0.1, 0.15) is 12.4 Å². The number of aliphatic hydroxyl groups excluding tert-OH is 1. The zero-order valence-electron chi connectivity index (χ0n) is 9.57. The van der Waals surface area contributed by atoms with Gasteiger partial charge in [0.15, 0.2) is 0 Å². The van der Waals surface area contributed by atoms with Crippen molar-refractivity contribution in [1.29, 1.82) is 0 Å². The molecule has 1 N–H and O–H groups in total. The van der Waals surface area contributed by atoms with Gasteiger partial charge in [-0.3, -0.25) is 0 Å². The van der Waals surface area contributed by atoms with Gasteiger partial charge in [0, 0.05) is 10.0 Å². The molecule has 0 aromatic heterocycles. The molecule has 0 radical (unpaired) electrons. The molecule has 0 unspecified atom stereocenters. The van der Waals surface area contributed by atoms with E-state index in [-0.39, 0.29) is 6.61 Å². The van der Waals surface area contributed by atoms with Gasteiger partial charge in [0.25, 0.3) is 0 Å². The standard InChI is InChI=1S/C14H12Br2O2/c15-12-6-4-10(5-7-12)9-18-14-11(8-17)2-1-3-13(14)16/h1-7,17H,8-9H2. The maximum absolute atomic E-state index is 9.27. The molecular weight excluding hydrogens is 360 g/mol. The summed E-state index contributed by atoms with van der Waals surface area (Å²) in [6, 6.07) is 13.6. The Hall–Kier alpha value is -0.840. The number of halogens is 2. The normalized spacial score (nSPS) is 10.4. The Morgan fingerprint density at radius 3 is 2.39 bits per heavy atom. The molecule has 0 fully saturated rings. The molecule has 2 aromatic rings. The van der Waals surface area contributed by atoms with Gasteiger partial charge in [-0.15, -0.1) is 0 Å². The van der Waals surface area contributed by atoms with Crippen LogP contribution in [-0.4, -0.2) is 5.11 Å². The lowest BCUT2D eigenvalue weighted by Crippen LogP contribution is -1.99. The Morgan fingerprint density at radius 2 is 1.72 bits per heavy atom. The number of hydrogen-bond acceptors (Lipinski definition) is 2. The number of rotatable bonds is 4. The first-order valence-corrected chi connectivity index (χ1v) is 7.05. The van der Waals surface area contributed by atoms with Crippen LogP contribution in [0, 0.1) is 0 Å². The van der Waals surface area contributed by atoms with Crippen molar-refractivity contribution in [1.82, 2.24) is 0 Å². The second-order valence-electron chi connectivity index (χ2n) is 3.80. The van der Waals surface area contributed by atoms with E-state index in [0.29, 0.717) is 12.4 Å². The predicted octanol–water partition coefficient (Wildman–Crippen LogP) is 4.28. The fourth-order valence-electron chi connectivity index (χ4n) is 1.58. The van der Waals surface area contributed by atoms with Crippen LogP contribution in [-0.2, 0) is 13.2 Å². The van der Waals surface area contributed by atoms with Gasteiger partial charge in [-0.05, 0) is 39.7 Å². The minimum atomic E-state index is -0.0326. The largest absolute Gasteiger partial charge is 0.487 e. The van der Waals surface area contributed by atoms with Crippen LogP contribution >= 0.6 is 31.9 Å². The van der Waals surface area contributed by atoms with Gasteiger partial charge in [-0.1, -0.05) is 40.2 Å². The summed E-state index contributed by atoms with van der Waals surface area (Å²) >= 11 is 6.82. The third-order valence-electron chi connectivity index (χ3n) is 2.52. The first-order valence-electron chi connectivity index (χ1n) is 5.46. The first-order chi connectivity index (χ1) is 8.70. The SMILES string of the molecule is OCc1cccc(Br)c1OCc1ccc(Br)cc1. The number of hydrogen-bond donors (Lipinski definition) is 1. The highest BCUT2D eigenvalue weighted by Crippen LogP contribution is 2.29. The summed E-state index contributed by atoms with van der Waals surface area (Å²) in [5.74, 6) is 0.697. The smallest absolute Gasteiger partial charge is 0.139 e. The van der Waals surface area contributed by atoms with Crippen molar-refractivity contribution in [3.05, 3.63) is 62.5 Å². The monoisotopic (exact) mass is 370 g/mol. The molecule has 0 aliphatic heterocycles. The maximum Gasteiger partial charge on any atom is 0.139 e. The Labute approximate surface area is 123 Å². The van der Waals surface area contributed by atoms with E-state index >= 15 is 0 Å². The van der Waals surface area contributed by atoms with Gasteiger partial charge in [-0.25, -0.2) is 0 Å². The Morgan fingerprint density at radius 1 is 1.00 bits per heavy atom. The lowest BCUT2D eigenvalue weighted by atomic mass is 10.2. The van der Waals surface area contributed by atoms with Crippen molar-refractivity contribution in [3.8, 4) is 5.75 Å². The molecule has 0 heterocycles. The minimum absolute atomic E-state index is 0.0326. The second kappa shape index (κ2) is 6.36. The van der Waals surface area contributed by atoms with Crippen molar-refractivity contribution in [2.75, 3.05) is 0 Å². The fourth-order valence-corrected chi connectivity index (χ4v) is 2.36. The Kier molecular flexibility index (Phi) is 4.80. The van der Waals surface area contributed by atoms with E-state index < -0.39 is 0 Å². The summed E-state index contributed by atoms with van der Waals surface area (Å²) in [5, 5.41) is 9.27. The van der Waals surface area contributed by atoms with Crippen molar-refractivity contribution in [2.24, 2.45) is 0 Å². The van der Waals surface area contributed by atoms with Crippen LogP contribution in [0.4, 0.5) is 0 Å². The summed E-state index contributed by atoms with van der Waals surface area (Å²) in [6.45, 7) is 0.442. The molecule has 0 aliphatic rings. The van der Waals surface area contributed by atoms with E-state index in [9.17, 15) is 5.11 Å². The quantitative estimate of drug-likeness (QED) is 0.868. The summed E-state index contributed by atoms with van der Waals surface area (Å²) in [6.07, 6.45) is 0. The van der Waals surface area contributed by atoms with Crippen molar-refractivity contribution < 1.29 is 9.84 Å². The molecule has 0 saturated heterocycles. The van der Waals surface area contributed by atoms with Crippen LogP contribution < -0.4 is 4.74 Å². The molecular formula is C14H12Br2O2. The first kappa shape index (κ1) is 13.6. The summed E-state index contributed by atoms with van der Waals surface area (Å²) < 4.78 is 7.66. The molecule has 0 amide bonds. The van der Waals surface area contributed by atoms with E-state index in [1.54, 1.807) is 0 Å². The summed E-state index contributed by atoms with van der Waals surface area (Å²) in [7, 11) is 0. The van der Waals surface area contributed by atoms with Crippen LogP contribution in [0.3, 0.4) is 0 Å². The molecule has 0 atom stereocenters. The topological polar surface area (TPSA) is 29.5 Å². The van der Waals surface area contributed by atoms with Gasteiger partial charge < -0.3 is 9.84 Å². The molecule has 0 bridgehead atoms. The highest BCUT2D eigenvalue weighted by atomic mass is 79.9. The van der Waals surface area contributed by atoms with Gasteiger partial charge >= 0.3 is 0 Å². The van der Waals surface area contributed by atoms with Gasteiger partial charge in [0.05, 0.1) is 11.1 Å². The number of ether oxygens (including phenoxy) is 1. The third kappa shape index (κ3) is 3.34. The van der Waals surface area contributed by atoms with Crippen LogP contribution in [0.5, 0.6) is 5.75 Å². The van der Waals surface area contributed by atoms with E-state index in [0.717, 1.165) is 20.1 Å². The van der Waals surface area contributed by atoms with Crippen molar-refractivity contribution in [2.45, 2.75) is 13.2 Å².